The molecule has 3 aromatic carbocycles. The Bertz CT molecular complexity index is 1230. The average Bonchev–Trinajstić information content (AvgIpc) is 2.74. The van der Waals surface area contributed by atoms with Crippen LogP contribution >= 0.6 is 15.9 Å². The molecule has 8 heteroatoms. The van der Waals surface area contributed by atoms with Crippen LogP contribution in [-0.2, 0) is 10.0 Å². The number of methoxy groups -OCH3 is 1. The Morgan fingerprint density at radius 2 is 1.77 bits per heavy atom. The number of ether oxygens (including phenoxy) is 1. The highest BCUT2D eigenvalue weighted by atomic mass is 79.9. The van der Waals surface area contributed by atoms with Crippen molar-refractivity contribution >= 4 is 43.2 Å². The van der Waals surface area contributed by atoms with Gasteiger partial charge in [0.25, 0.3) is 15.9 Å². The molecule has 0 aliphatic heterocycles. The summed E-state index contributed by atoms with van der Waals surface area (Å²) >= 11 is 3.30. The van der Waals surface area contributed by atoms with E-state index in [9.17, 15) is 13.2 Å². The Hall–Kier alpha value is -3.28. The Kier molecular flexibility index (Phi) is 6.45. The van der Waals surface area contributed by atoms with Gasteiger partial charge < -0.3 is 10.1 Å². The molecule has 0 fully saturated rings. The van der Waals surface area contributed by atoms with Crippen molar-refractivity contribution in [1.82, 2.24) is 0 Å². The van der Waals surface area contributed by atoms with Gasteiger partial charge >= 0.3 is 0 Å². The zero-order valence-corrected chi connectivity index (χ0v) is 18.2. The molecule has 0 saturated carbocycles. The Balaban J connectivity index is 1.91. The molecule has 0 spiro atoms. The van der Waals surface area contributed by atoms with E-state index in [0.29, 0.717) is 16.9 Å². The molecule has 30 heavy (non-hydrogen) atoms. The van der Waals surface area contributed by atoms with Gasteiger partial charge in [-0.05, 0) is 60.7 Å². The number of hydrogen-bond donors (Lipinski definition) is 2. The van der Waals surface area contributed by atoms with Crippen LogP contribution in [0.15, 0.2) is 76.1 Å². The number of rotatable bonds is 6. The Labute approximate surface area is 183 Å². The zero-order chi connectivity index (χ0) is 21.7. The van der Waals surface area contributed by atoms with Crippen molar-refractivity contribution < 1.29 is 17.9 Å². The summed E-state index contributed by atoms with van der Waals surface area (Å²) < 4.78 is 34.3. The van der Waals surface area contributed by atoms with Gasteiger partial charge in [0.1, 0.15) is 10.6 Å². The molecule has 0 aromatic heterocycles. The molecule has 0 atom stereocenters. The second-order valence-corrected chi connectivity index (χ2v) is 8.72. The maximum Gasteiger partial charge on any atom is 0.265 e. The molecule has 0 radical (unpaired) electrons. The van der Waals surface area contributed by atoms with Crippen molar-refractivity contribution in [3.8, 4) is 18.1 Å². The van der Waals surface area contributed by atoms with Gasteiger partial charge in [-0.3, -0.25) is 9.52 Å². The SMILES string of the molecule is C#Cc1cccc(NC(=O)c2ccc(OC)c(S(=O)(=O)Nc3ccc(Br)cc3)c2)c1. The van der Waals surface area contributed by atoms with Crippen LogP contribution in [0.3, 0.4) is 0 Å². The first-order chi connectivity index (χ1) is 14.3. The van der Waals surface area contributed by atoms with Gasteiger partial charge in [-0.2, -0.15) is 0 Å². The van der Waals surface area contributed by atoms with E-state index in [1.54, 1.807) is 48.5 Å². The van der Waals surface area contributed by atoms with Crippen LogP contribution in [0.2, 0.25) is 0 Å². The Morgan fingerprint density at radius 3 is 2.43 bits per heavy atom. The largest absolute Gasteiger partial charge is 0.495 e. The van der Waals surface area contributed by atoms with Gasteiger partial charge in [0.05, 0.1) is 7.11 Å². The number of anilines is 2. The minimum atomic E-state index is -4.01. The summed E-state index contributed by atoms with van der Waals surface area (Å²) in [5.74, 6) is 2.13. The number of benzene rings is 3. The molecule has 1 amide bonds. The Morgan fingerprint density at radius 1 is 1.03 bits per heavy atom. The first-order valence-electron chi connectivity index (χ1n) is 8.67. The summed E-state index contributed by atoms with van der Waals surface area (Å²) in [4.78, 5) is 12.5. The summed E-state index contributed by atoms with van der Waals surface area (Å²) in [6.45, 7) is 0. The lowest BCUT2D eigenvalue weighted by Gasteiger charge is -2.13. The normalized spacial score (nSPS) is 10.7. The van der Waals surface area contributed by atoms with E-state index in [-0.39, 0.29) is 16.2 Å². The number of hydrogen-bond acceptors (Lipinski definition) is 4. The number of nitrogens with one attached hydrogen (secondary N) is 2. The summed E-state index contributed by atoms with van der Waals surface area (Å²) in [5.41, 5.74) is 1.65. The highest BCUT2D eigenvalue weighted by molar-refractivity contribution is 9.10. The van der Waals surface area contributed by atoms with Crippen LogP contribution in [0.1, 0.15) is 15.9 Å². The maximum atomic E-state index is 12.9. The minimum Gasteiger partial charge on any atom is -0.495 e. The van der Waals surface area contributed by atoms with Crippen LogP contribution in [0.4, 0.5) is 11.4 Å². The molecule has 0 aliphatic rings. The first-order valence-corrected chi connectivity index (χ1v) is 10.9. The van der Waals surface area contributed by atoms with Gasteiger partial charge in [0.15, 0.2) is 0 Å². The number of terminal acetylenes is 1. The van der Waals surface area contributed by atoms with Gasteiger partial charge in [-0.1, -0.05) is 27.9 Å². The van der Waals surface area contributed by atoms with Crippen LogP contribution in [0.25, 0.3) is 0 Å². The van der Waals surface area contributed by atoms with Crippen molar-refractivity contribution in [2.75, 3.05) is 17.1 Å². The molecule has 0 unspecified atom stereocenters. The van der Waals surface area contributed by atoms with E-state index >= 15 is 0 Å². The predicted molar refractivity (Wildman–Crippen MR) is 120 cm³/mol. The number of carbonyl (C=O) groups excluding carboxylic acids is 1. The van der Waals surface area contributed by atoms with Crippen LogP contribution < -0.4 is 14.8 Å². The molecule has 0 saturated heterocycles. The van der Waals surface area contributed by atoms with Crippen molar-refractivity contribution in [2.24, 2.45) is 0 Å². The molecule has 0 aliphatic carbocycles. The number of amides is 1. The zero-order valence-electron chi connectivity index (χ0n) is 15.8. The molecule has 3 rings (SSSR count). The molecule has 0 heterocycles. The lowest BCUT2D eigenvalue weighted by atomic mass is 10.1. The topological polar surface area (TPSA) is 84.5 Å². The number of carbonyl (C=O) groups is 1. The fourth-order valence-electron chi connectivity index (χ4n) is 2.65. The predicted octanol–water partition coefficient (Wildman–Crippen LogP) is 4.49. The smallest absolute Gasteiger partial charge is 0.265 e. The van der Waals surface area contributed by atoms with Gasteiger partial charge in [-0.25, -0.2) is 8.42 Å². The lowest BCUT2D eigenvalue weighted by Crippen LogP contribution is -2.17. The standard InChI is InChI=1S/C22H17BrN2O4S/c1-3-15-5-4-6-19(13-15)24-22(26)16-7-12-20(29-2)21(14-16)30(27,28)25-18-10-8-17(23)9-11-18/h1,4-14,25H,2H3,(H,24,26). The number of sulfonamides is 1. The summed E-state index contributed by atoms with van der Waals surface area (Å²) in [5, 5.41) is 2.71. The molecular formula is C22H17BrN2O4S. The second-order valence-electron chi connectivity index (χ2n) is 6.16. The number of halogens is 1. The molecule has 6 nitrogen and oxygen atoms in total. The van der Waals surface area contributed by atoms with E-state index in [2.05, 4.69) is 31.9 Å². The summed E-state index contributed by atoms with van der Waals surface area (Å²) in [7, 11) is -2.65. The third-order valence-electron chi connectivity index (χ3n) is 4.10. The molecular weight excluding hydrogens is 468 g/mol. The highest BCUT2D eigenvalue weighted by Crippen LogP contribution is 2.28. The van der Waals surface area contributed by atoms with Crippen molar-refractivity contribution in [3.63, 3.8) is 0 Å². The highest BCUT2D eigenvalue weighted by Gasteiger charge is 2.22. The monoisotopic (exact) mass is 484 g/mol. The van der Waals surface area contributed by atoms with E-state index in [0.717, 1.165) is 4.47 Å². The van der Waals surface area contributed by atoms with Crippen LogP contribution in [0, 0.1) is 12.3 Å². The molecule has 0 bridgehead atoms. The average molecular weight is 485 g/mol. The lowest BCUT2D eigenvalue weighted by molar-refractivity contribution is 0.102. The molecule has 3 aromatic rings. The summed E-state index contributed by atoms with van der Waals surface area (Å²) in [6, 6.07) is 17.6. The minimum absolute atomic E-state index is 0.116. The summed E-state index contributed by atoms with van der Waals surface area (Å²) in [6.07, 6.45) is 5.38. The fraction of sp³-hybridized carbons (Fsp3) is 0.0455. The van der Waals surface area contributed by atoms with Crippen molar-refractivity contribution in [1.29, 1.82) is 0 Å². The molecule has 2 N–H and O–H groups in total. The van der Waals surface area contributed by atoms with Gasteiger partial charge in [0.2, 0.25) is 0 Å². The van der Waals surface area contributed by atoms with E-state index in [4.69, 9.17) is 11.2 Å². The van der Waals surface area contributed by atoms with E-state index < -0.39 is 15.9 Å². The van der Waals surface area contributed by atoms with E-state index in [1.807, 2.05) is 0 Å². The van der Waals surface area contributed by atoms with Crippen molar-refractivity contribution in [2.45, 2.75) is 4.90 Å². The van der Waals surface area contributed by atoms with Crippen LogP contribution in [0.5, 0.6) is 5.75 Å². The van der Waals surface area contributed by atoms with Gasteiger partial charge in [-0.15, -0.1) is 6.42 Å². The third kappa shape index (κ3) is 5.00. The maximum absolute atomic E-state index is 12.9. The van der Waals surface area contributed by atoms with Gasteiger partial charge in [0, 0.05) is 27.0 Å². The quantitative estimate of drug-likeness (QED) is 0.504. The van der Waals surface area contributed by atoms with Crippen LogP contribution in [-0.4, -0.2) is 21.4 Å². The fourth-order valence-corrected chi connectivity index (χ4v) is 4.17. The van der Waals surface area contributed by atoms with Crippen molar-refractivity contribution in [3.05, 3.63) is 82.3 Å². The first kappa shape index (κ1) is 21.4. The second kappa shape index (κ2) is 9.03. The third-order valence-corrected chi connectivity index (χ3v) is 6.03. The molecule has 152 valence electrons. The van der Waals surface area contributed by atoms with E-state index in [1.165, 1.54) is 25.3 Å².